The van der Waals surface area contributed by atoms with E-state index >= 15 is 0 Å². The molecule has 0 atom stereocenters. The van der Waals surface area contributed by atoms with Crippen molar-refractivity contribution in [3.05, 3.63) is 102 Å². The zero-order chi connectivity index (χ0) is 18.8. The molecule has 0 radical (unpaired) electrons. The maximum Gasteiger partial charge on any atom is 0.261 e. The van der Waals surface area contributed by atoms with Gasteiger partial charge >= 0.3 is 0 Å². The van der Waals surface area contributed by atoms with Crippen molar-refractivity contribution in [2.24, 2.45) is 0 Å². The maximum absolute atomic E-state index is 12.4. The molecule has 4 rings (SSSR count). The van der Waals surface area contributed by atoms with Crippen LogP contribution in [0.5, 0.6) is 0 Å². The fraction of sp³-hybridized carbons (Fsp3) is 0.0833. The Morgan fingerprint density at radius 2 is 1.26 bits per heavy atom. The molecular weight excluding hydrogens is 334 g/mol. The molecule has 3 heteroatoms. The van der Waals surface area contributed by atoms with E-state index in [0.29, 0.717) is 11.1 Å². The summed E-state index contributed by atoms with van der Waals surface area (Å²) in [6, 6.07) is 25.5. The van der Waals surface area contributed by atoms with Crippen LogP contribution in [0.4, 0.5) is 0 Å². The average molecular weight is 353 g/mol. The molecule has 0 spiro atoms. The molecule has 0 aromatic heterocycles. The highest BCUT2D eigenvalue weighted by Crippen LogP contribution is 2.24. The summed E-state index contributed by atoms with van der Waals surface area (Å²) in [7, 11) is 0. The summed E-state index contributed by atoms with van der Waals surface area (Å²) >= 11 is 0. The third-order valence-corrected chi connectivity index (χ3v) is 4.91. The largest absolute Gasteiger partial charge is 0.270 e. The van der Waals surface area contributed by atoms with Crippen molar-refractivity contribution < 1.29 is 9.59 Å². The second-order valence-corrected chi connectivity index (χ2v) is 6.60. The lowest BCUT2D eigenvalue weighted by atomic mass is 10.0. The first-order chi connectivity index (χ1) is 13.1. The van der Waals surface area contributed by atoms with Gasteiger partial charge in [-0.1, -0.05) is 72.8 Å². The van der Waals surface area contributed by atoms with E-state index in [1.807, 2.05) is 31.2 Å². The summed E-state index contributed by atoms with van der Waals surface area (Å²) in [6.45, 7) is 2.27. The molecule has 3 nitrogen and oxygen atoms in total. The van der Waals surface area contributed by atoms with Crippen LogP contribution in [0.3, 0.4) is 0 Å². The number of rotatable bonds is 4. The van der Waals surface area contributed by atoms with Crippen molar-refractivity contribution >= 4 is 17.4 Å². The Morgan fingerprint density at radius 1 is 0.741 bits per heavy atom. The van der Waals surface area contributed by atoms with Crippen molar-refractivity contribution in [3.8, 4) is 11.1 Å². The van der Waals surface area contributed by atoms with Gasteiger partial charge in [-0.3, -0.25) is 14.5 Å². The van der Waals surface area contributed by atoms with Gasteiger partial charge in [0.05, 0.1) is 11.1 Å². The van der Waals surface area contributed by atoms with Crippen LogP contribution in [-0.4, -0.2) is 23.3 Å². The third kappa shape index (κ3) is 3.20. The number of carbonyl (C=O) groups is 2. The molecule has 0 saturated heterocycles. The highest BCUT2D eigenvalue weighted by Gasteiger charge is 2.34. The highest BCUT2D eigenvalue weighted by molar-refractivity contribution is 6.21. The van der Waals surface area contributed by atoms with E-state index in [0.717, 1.165) is 16.7 Å². The van der Waals surface area contributed by atoms with Gasteiger partial charge in [-0.2, -0.15) is 0 Å². The second-order valence-electron chi connectivity index (χ2n) is 6.60. The number of benzene rings is 3. The minimum absolute atomic E-state index is 0.223. The molecule has 0 fully saturated rings. The van der Waals surface area contributed by atoms with E-state index < -0.39 is 0 Å². The van der Waals surface area contributed by atoms with Gasteiger partial charge in [0, 0.05) is 6.54 Å². The van der Waals surface area contributed by atoms with Gasteiger partial charge in [-0.15, -0.1) is 0 Å². The third-order valence-electron chi connectivity index (χ3n) is 4.91. The smallest absolute Gasteiger partial charge is 0.261 e. The van der Waals surface area contributed by atoms with Crippen LogP contribution in [0.15, 0.2) is 84.9 Å². The molecule has 0 N–H and O–H groups in total. The van der Waals surface area contributed by atoms with Crippen LogP contribution >= 0.6 is 0 Å². The van der Waals surface area contributed by atoms with Crippen molar-refractivity contribution in [2.75, 3.05) is 6.54 Å². The number of nitrogens with zero attached hydrogens (tertiary/aromatic N) is 1. The number of amides is 2. The second kappa shape index (κ2) is 7.04. The van der Waals surface area contributed by atoms with E-state index in [2.05, 4.69) is 36.4 Å². The van der Waals surface area contributed by atoms with E-state index in [-0.39, 0.29) is 18.4 Å². The molecule has 1 aliphatic heterocycles. The summed E-state index contributed by atoms with van der Waals surface area (Å²) in [6.07, 6.45) is 1.93. The zero-order valence-electron chi connectivity index (χ0n) is 15.1. The van der Waals surface area contributed by atoms with E-state index in [1.54, 1.807) is 24.3 Å². The lowest BCUT2D eigenvalue weighted by Crippen LogP contribution is -2.29. The number of hydrogen-bond acceptors (Lipinski definition) is 2. The molecule has 132 valence electrons. The number of fused-ring (bicyclic) bond motifs is 1. The molecule has 1 aliphatic rings. The van der Waals surface area contributed by atoms with Crippen molar-refractivity contribution in [1.29, 1.82) is 0 Å². The molecule has 2 amide bonds. The summed E-state index contributed by atoms with van der Waals surface area (Å²) in [4.78, 5) is 26.2. The van der Waals surface area contributed by atoms with Crippen molar-refractivity contribution in [2.45, 2.75) is 6.92 Å². The van der Waals surface area contributed by atoms with Crippen molar-refractivity contribution in [3.63, 3.8) is 0 Å². The lowest BCUT2D eigenvalue weighted by molar-refractivity contribution is 0.0672. The van der Waals surface area contributed by atoms with Crippen LogP contribution < -0.4 is 0 Å². The molecule has 1 heterocycles. The molecule has 0 bridgehead atoms. The summed E-state index contributed by atoms with van der Waals surface area (Å²) < 4.78 is 0. The van der Waals surface area contributed by atoms with Gasteiger partial charge in [0.2, 0.25) is 0 Å². The van der Waals surface area contributed by atoms with Crippen molar-refractivity contribution in [1.82, 2.24) is 4.90 Å². The molecule has 3 aromatic carbocycles. The van der Waals surface area contributed by atoms with Gasteiger partial charge in [-0.25, -0.2) is 0 Å². The molecule has 0 unspecified atom stereocenters. The fourth-order valence-electron chi connectivity index (χ4n) is 3.31. The Labute approximate surface area is 158 Å². The first-order valence-electron chi connectivity index (χ1n) is 8.93. The average Bonchev–Trinajstić information content (AvgIpc) is 2.97. The van der Waals surface area contributed by atoms with Gasteiger partial charge in [0.25, 0.3) is 11.8 Å². The Bertz CT molecular complexity index is 998. The minimum Gasteiger partial charge on any atom is -0.270 e. The van der Waals surface area contributed by atoms with Gasteiger partial charge in [0.1, 0.15) is 0 Å². The molecule has 0 saturated carbocycles. The number of carbonyl (C=O) groups excluding carboxylic acids is 2. The number of imide groups is 1. The molecule has 0 aliphatic carbocycles. The zero-order valence-corrected chi connectivity index (χ0v) is 15.1. The predicted octanol–water partition coefficient (Wildman–Crippen LogP) is 5.05. The maximum atomic E-state index is 12.4. The molecule has 3 aromatic rings. The topological polar surface area (TPSA) is 37.4 Å². The summed E-state index contributed by atoms with van der Waals surface area (Å²) in [5.41, 5.74) is 5.42. The minimum atomic E-state index is -0.223. The summed E-state index contributed by atoms with van der Waals surface area (Å²) in [5, 5.41) is 0. The SMILES string of the molecule is CC(=CCN1C(=O)c2ccccc2C1=O)c1ccc(-c2ccccc2)cc1. The Kier molecular flexibility index (Phi) is 4.43. The number of hydrogen-bond donors (Lipinski definition) is 0. The highest BCUT2D eigenvalue weighted by atomic mass is 16.2. The van der Waals surface area contributed by atoms with Gasteiger partial charge in [-0.05, 0) is 41.3 Å². The van der Waals surface area contributed by atoms with Gasteiger partial charge < -0.3 is 0 Å². The Hall–Kier alpha value is -3.46. The van der Waals surface area contributed by atoms with E-state index in [9.17, 15) is 9.59 Å². The van der Waals surface area contributed by atoms with E-state index in [4.69, 9.17) is 0 Å². The van der Waals surface area contributed by atoms with Crippen LogP contribution in [0.25, 0.3) is 16.7 Å². The van der Waals surface area contributed by atoms with Crippen LogP contribution in [0.1, 0.15) is 33.2 Å². The molecule has 27 heavy (non-hydrogen) atoms. The Morgan fingerprint density at radius 3 is 1.85 bits per heavy atom. The standard InChI is InChI=1S/C24H19NO2/c1-17(18-11-13-20(14-12-18)19-7-3-2-4-8-19)15-16-25-23(26)21-9-5-6-10-22(21)24(25)27/h2-15H,16H2,1H3. The monoisotopic (exact) mass is 353 g/mol. The normalized spacial score (nSPS) is 13.8. The number of allylic oxidation sites excluding steroid dienone is 1. The summed E-state index contributed by atoms with van der Waals surface area (Å²) in [5.74, 6) is -0.446. The first kappa shape index (κ1) is 17.0. The quantitative estimate of drug-likeness (QED) is 0.615. The van der Waals surface area contributed by atoms with Crippen LogP contribution in [0.2, 0.25) is 0 Å². The fourth-order valence-corrected chi connectivity index (χ4v) is 3.31. The first-order valence-corrected chi connectivity index (χ1v) is 8.93. The predicted molar refractivity (Wildman–Crippen MR) is 107 cm³/mol. The van der Waals surface area contributed by atoms with Crippen LogP contribution in [-0.2, 0) is 0 Å². The van der Waals surface area contributed by atoms with Gasteiger partial charge in [0.15, 0.2) is 0 Å². The lowest BCUT2D eigenvalue weighted by Gasteiger charge is -2.12. The Balaban J connectivity index is 1.50. The van der Waals surface area contributed by atoms with E-state index in [1.165, 1.54) is 10.5 Å². The molecular formula is C24H19NO2. The van der Waals surface area contributed by atoms with Crippen LogP contribution in [0, 0.1) is 0 Å².